The van der Waals surface area contributed by atoms with Crippen molar-refractivity contribution in [3.63, 3.8) is 0 Å². The highest BCUT2D eigenvalue weighted by Crippen LogP contribution is 2.67. The Labute approximate surface area is 110 Å². The first-order valence-electron chi connectivity index (χ1n) is 6.90. The monoisotopic (exact) mass is 248 g/mol. The number of aliphatic hydroxyl groups is 1. The van der Waals surface area contributed by atoms with Crippen LogP contribution in [0.4, 0.5) is 0 Å². The highest BCUT2D eigenvalue weighted by molar-refractivity contribution is 5.86. The van der Waals surface area contributed by atoms with Gasteiger partial charge in [0.15, 0.2) is 0 Å². The Morgan fingerprint density at radius 2 is 2.17 bits per heavy atom. The number of carbonyl (C=O) groups is 1. The van der Waals surface area contributed by atoms with E-state index in [2.05, 4.69) is 26.2 Å². The van der Waals surface area contributed by atoms with Gasteiger partial charge in [-0.3, -0.25) is 4.79 Å². The second kappa shape index (κ2) is 4.36. The Hall–Kier alpha value is -0.850. The SMILES string of the molecule is C=C=C[C@@H](C)[C@@H](O)[C@@H]1C(=O)[C@H](C)CC2C1C2(C)C. The molecule has 2 heteroatoms. The number of Topliss-reactive ketones (excluding diaryl/α,β-unsaturated/α-hetero) is 1. The average Bonchev–Trinajstić information content (AvgIpc) is 2.82. The molecule has 6 atom stereocenters. The van der Waals surface area contributed by atoms with Gasteiger partial charge in [0.25, 0.3) is 0 Å². The van der Waals surface area contributed by atoms with E-state index in [-0.39, 0.29) is 29.0 Å². The van der Waals surface area contributed by atoms with Gasteiger partial charge in [-0.25, -0.2) is 0 Å². The van der Waals surface area contributed by atoms with E-state index in [1.54, 1.807) is 6.08 Å². The van der Waals surface area contributed by atoms with Crippen LogP contribution < -0.4 is 0 Å². The van der Waals surface area contributed by atoms with Gasteiger partial charge in [-0.2, -0.15) is 0 Å². The summed E-state index contributed by atoms with van der Waals surface area (Å²) in [7, 11) is 0. The molecule has 0 aromatic carbocycles. The van der Waals surface area contributed by atoms with E-state index >= 15 is 0 Å². The van der Waals surface area contributed by atoms with Crippen LogP contribution in [-0.4, -0.2) is 17.0 Å². The van der Waals surface area contributed by atoms with E-state index in [1.165, 1.54) is 0 Å². The normalized spacial score (nSPS) is 40.4. The summed E-state index contributed by atoms with van der Waals surface area (Å²) in [6.45, 7) is 11.9. The number of aliphatic hydroxyl groups excluding tert-OH is 1. The van der Waals surface area contributed by atoms with Gasteiger partial charge in [-0.05, 0) is 29.7 Å². The van der Waals surface area contributed by atoms with Crippen LogP contribution in [-0.2, 0) is 4.79 Å². The summed E-state index contributed by atoms with van der Waals surface area (Å²) < 4.78 is 0. The Balaban J connectivity index is 2.24. The molecule has 0 heterocycles. The maximum atomic E-state index is 12.4. The van der Waals surface area contributed by atoms with E-state index in [0.717, 1.165) is 6.42 Å². The summed E-state index contributed by atoms with van der Waals surface area (Å²) in [4.78, 5) is 12.4. The zero-order valence-electron chi connectivity index (χ0n) is 11.8. The summed E-state index contributed by atoms with van der Waals surface area (Å²) >= 11 is 0. The number of rotatable bonds is 3. The van der Waals surface area contributed by atoms with Crippen molar-refractivity contribution in [2.24, 2.45) is 35.0 Å². The number of fused-ring (bicyclic) bond motifs is 1. The third-order valence-corrected chi connectivity index (χ3v) is 5.24. The lowest BCUT2D eigenvalue weighted by Gasteiger charge is -2.31. The zero-order chi connectivity index (χ0) is 13.7. The Morgan fingerprint density at radius 1 is 1.56 bits per heavy atom. The van der Waals surface area contributed by atoms with Crippen LogP contribution in [0.1, 0.15) is 34.1 Å². The van der Waals surface area contributed by atoms with Crippen molar-refractivity contribution in [2.45, 2.75) is 40.2 Å². The van der Waals surface area contributed by atoms with E-state index in [4.69, 9.17) is 0 Å². The van der Waals surface area contributed by atoms with Gasteiger partial charge in [0.2, 0.25) is 0 Å². The third kappa shape index (κ3) is 1.88. The second-order valence-electron chi connectivity index (χ2n) is 6.74. The molecule has 2 aliphatic carbocycles. The van der Waals surface area contributed by atoms with E-state index in [9.17, 15) is 9.90 Å². The largest absolute Gasteiger partial charge is 0.392 e. The van der Waals surface area contributed by atoms with Gasteiger partial charge in [0.1, 0.15) is 5.78 Å². The van der Waals surface area contributed by atoms with E-state index in [1.807, 2.05) is 13.8 Å². The van der Waals surface area contributed by atoms with Crippen LogP contribution in [0.2, 0.25) is 0 Å². The van der Waals surface area contributed by atoms with Gasteiger partial charge >= 0.3 is 0 Å². The van der Waals surface area contributed by atoms with Crippen molar-refractivity contribution in [1.82, 2.24) is 0 Å². The molecular weight excluding hydrogens is 224 g/mol. The molecule has 18 heavy (non-hydrogen) atoms. The third-order valence-electron chi connectivity index (χ3n) is 5.24. The van der Waals surface area contributed by atoms with Gasteiger partial charge in [-0.1, -0.05) is 34.3 Å². The van der Waals surface area contributed by atoms with Gasteiger partial charge in [-0.15, -0.1) is 5.73 Å². The molecule has 0 spiro atoms. The minimum atomic E-state index is -0.594. The second-order valence-corrected chi connectivity index (χ2v) is 6.74. The molecule has 0 aliphatic heterocycles. The highest BCUT2D eigenvalue weighted by atomic mass is 16.3. The molecule has 0 saturated heterocycles. The predicted molar refractivity (Wildman–Crippen MR) is 71.9 cm³/mol. The van der Waals surface area contributed by atoms with Crippen LogP contribution in [0.15, 0.2) is 18.4 Å². The summed E-state index contributed by atoms with van der Waals surface area (Å²) in [6.07, 6.45) is 2.16. The molecule has 0 aromatic rings. The number of hydrogen-bond donors (Lipinski definition) is 1. The molecule has 0 radical (unpaired) electrons. The van der Waals surface area contributed by atoms with E-state index < -0.39 is 6.10 Å². The first-order valence-corrected chi connectivity index (χ1v) is 6.90. The van der Waals surface area contributed by atoms with Crippen LogP contribution in [0.5, 0.6) is 0 Å². The van der Waals surface area contributed by atoms with Crippen LogP contribution in [0.25, 0.3) is 0 Å². The molecule has 0 amide bonds. The van der Waals surface area contributed by atoms with E-state index in [0.29, 0.717) is 11.8 Å². The van der Waals surface area contributed by atoms with Crippen molar-refractivity contribution in [2.75, 3.05) is 0 Å². The summed E-state index contributed by atoms with van der Waals surface area (Å²) in [5, 5.41) is 10.5. The summed E-state index contributed by atoms with van der Waals surface area (Å²) in [6, 6.07) is 0. The summed E-state index contributed by atoms with van der Waals surface area (Å²) in [5.74, 6) is 1.04. The Morgan fingerprint density at radius 3 is 2.72 bits per heavy atom. The maximum Gasteiger partial charge on any atom is 0.141 e. The van der Waals surface area contributed by atoms with Crippen molar-refractivity contribution in [3.8, 4) is 0 Å². The fraction of sp³-hybridized carbons (Fsp3) is 0.750. The highest BCUT2D eigenvalue weighted by Gasteiger charge is 2.66. The van der Waals surface area contributed by atoms with Gasteiger partial charge < -0.3 is 5.11 Å². The Kier molecular flexibility index (Phi) is 3.29. The van der Waals surface area contributed by atoms with Crippen LogP contribution in [0.3, 0.4) is 0 Å². The molecule has 0 bridgehead atoms. The molecule has 0 aromatic heterocycles. The van der Waals surface area contributed by atoms with Crippen LogP contribution in [0, 0.1) is 35.0 Å². The lowest BCUT2D eigenvalue weighted by Crippen LogP contribution is -2.40. The molecule has 100 valence electrons. The number of hydrogen-bond acceptors (Lipinski definition) is 2. The molecule has 2 aliphatic rings. The van der Waals surface area contributed by atoms with Gasteiger partial charge in [0, 0.05) is 17.8 Å². The van der Waals surface area contributed by atoms with Crippen molar-refractivity contribution >= 4 is 5.78 Å². The molecule has 1 N–H and O–H groups in total. The molecule has 2 fully saturated rings. The first kappa shape index (κ1) is 13.6. The average molecular weight is 248 g/mol. The maximum absolute atomic E-state index is 12.4. The molecule has 2 unspecified atom stereocenters. The predicted octanol–water partition coefficient (Wildman–Crippen LogP) is 2.82. The first-order chi connectivity index (χ1) is 8.32. The van der Waals surface area contributed by atoms with Crippen molar-refractivity contribution in [3.05, 3.63) is 18.4 Å². The minimum Gasteiger partial charge on any atom is -0.392 e. The molecule has 2 nitrogen and oxygen atoms in total. The lowest BCUT2D eigenvalue weighted by atomic mass is 9.75. The topological polar surface area (TPSA) is 37.3 Å². The zero-order valence-corrected chi connectivity index (χ0v) is 11.8. The van der Waals surface area contributed by atoms with Gasteiger partial charge in [0.05, 0.1) is 6.10 Å². The fourth-order valence-corrected chi connectivity index (χ4v) is 3.94. The molecule has 2 rings (SSSR count). The van der Waals surface area contributed by atoms with Crippen molar-refractivity contribution < 1.29 is 9.90 Å². The standard InChI is InChI=1S/C16H24O2/c1-6-7-9(2)14(17)12-13-11(16(13,4)5)8-10(3)15(12)18/h7,9-14,17H,1,8H2,2-5H3/t9-,10-,11?,12-,13?,14-/m1/s1. The summed E-state index contributed by atoms with van der Waals surface area (Å²) in [5.41, 5.74) is 2.93. The smallest absolute Gasteiger partial charge is 0.141 e. The van der Waals surface area contributed by atoms with Crippen molar-refractivity contribution in [1.29, 1.82) is 0 Å². The molecular formula is C16H24O2. The number of ketones is 1. The van der Waals surface area contributed by atoms with Crippen LogP contribution >= 0.6 is 0 Å². The minimum absolute atomic E-state index is 0.0567. The quantitative estimate of drug-likeness (QED) is 0.780. The fourth-order valence-electron chi connectivity index (χ4n) is 3.94. The molecule has 2 saturated carbocycles. The number of carbonyl (C=O) groups excluding carboxylic acids is 1. The lowest BCUT2D eigenvalue weighted by molar-refractivity contribution is -0.134. The Bertz CT molecular complexity index is 403.